The van der Waals surface area contributed by atoms with Crippen LogP contribution in [-0.2, 0) is 14.2 Å². The van der Waals surface area contributed by atoms with Crippen LogP contribution in [0.2, 0.25) is 0 Å². The third-order valence-corrected chi connectivity index (χ3v) is 6.91. The Hall–Kier alpha value is -2.23. The molecule has 3 aliphatic heterocycles. The van der Waals surface area contributed by atoms with Gasteiger partial charge in [-0.3, -0.25) is 14.5 Å². The van der Waals surface area contributed by atoms with Crippen molar-refractivity contribution in [2.45, 2.75) is 43.0 Å². The Morgan fingerprint density at radius 3 is 2.29 bits per heavy atom. The Kier molecular flexibility index (Phi) is 5.58. The summed E-state index contributed by atoms with van der Waals surface area (Å²) in [7, 11) is 0. The molecule has 6 atom stereocenters. The molecule has 162 valence electrons. The summed E-state index contributed by atoms with van der Waals surface area (Å²) in [6.07, 6.45) is -2.99. The fourth-order valence-corrected chi connectivity index (χ4v) is 5.44. The lowest BCUT2D eigenvalue weighted by Gasteiger charge is -2.49. The Morgan fingerprint density at radius 2 is 1.65 bits per heavy atom. The first-order valence-corrected chi connectivity index (χ1v) is 11.4. The molecular weight excluding hydrogens is 418 g/mol. The molecule has 0 spiro atoms. The molecule has 2 aromatic rings. The van der Waals surface area contributed by atoms with E-state index < -0.39 is 47.9 Å². The van der Waals surface area contributed by atoms with Gasteiger partial charge in [-0.1, -0.05) is 49.4 Å². The summed E-state index contributed by atoms with van der Waals surface area (Å²) in [4.78, 5) is 27.4. The lowest BCUT2D eigenvalue weighted by Crippen LogP contribution is -2.66. The number of carbonyl (C=O) groups is 2. The number of benzene rings is 2. The van der Waals surface area contributed by atoms with Crippen LogP contribution in [0.15, 0.2) is 54.6 Å². The zero-order chi connectivity index (χ0) is 21.5. The maximum atomic E-state index is 13.1. The second-order valence-electron chi connectivity index (χ2n) is 7.68. The number of thioether (sulfide) groups is 1. The number of fused-ring (bicyclic) bond motifs is 2. The number of aliphatic hydroxyl groups is 1. The molecular formula is C23H23NO6S. The molecule has 0 bridgehead atoms. The van der Waals surface area contributed by atoms with Crippen LogP contribution in [0.3, 0.4) is 0 Å². The van der Waals surface area contributed by atoms with Crippen molar-refractivity contribution in [2.75, 3.05) is 12.4 Å². The highest BCUT2D eigenvalue weighted by Crippen LogP contribution is 2.40. The monoisotopic (exact) mass is 441 g/mol. The van der Waals surface area contributed by atoms with Gasteiger partial charge in [-0.2, -0.15) is 0 Å². The Balaban J connectivity index is 1.45. The van der Waals surface area contributed by atoms with Gasteiger partial charge in [0.15, 0.2) is 6.29 Å². The summed E-state index contributed by atoms with van der Waals surface area (Å²) in [6.45, 7) is 2.21. The summed E-state index contributed by atoms with van der Waals surface area (Å²) >= 11 is 1.45. The number of ether oxygens (including phenoxy) is 3. The van der Waals surface area contributed by atoms with Crippen LogP contribution in [0.1, 0.15) is 39.5 Å². The Morgan fingerprint density at radius 1 is 1.00 bits per heavy atom. The number of amides is 2. The van der Waals surface area contributed by atoms with E-state index in [2.05, 4.69) is 0 Å². The minimum absolute atomic E-state index is 0.247. The van der Waals surface area contributed by atoms with Crippen molar-refractivity contribution in [1.82, 2.24) is 4.90 Å². The quantitative estimate of drug-likeness (QED) is 0.730. The topological polar surface area (TPSA) is 85.3 Å². The van der Waals surface area contributed by atoms with Gasteiger partial charge < -0.3 is 19.3 Å². The fraction of sp³-hybridized carbons (Fsp3) is 0.391. The summed E-state index contributed by atoms with van der Waals surface area (Å²) in [5.41, 5.74) is 0.939. The molecule has 0 aromatic heterocycles. The number of imide groups is 1. The van der Waals surface area contributed by atoms with Crippen molar-refractivity contribution in [3.05, 3.63) is 71.3 Å². The molecule has 2 saturated heterocycles. The average Bonchev–Trinajstić information content (AvgIpc) is 3.05. The van der Waals surface area contributed by atoms with E-state index in [-0.39, 0.29) is 6.61 Å². The SMILES string of the molecule is CCS[C@@H]1OC2COC(c3ccccc3)O[C@H]2C(O)[C@@H]1N1C(=O)c2ccccc2C1=O. The van der Waals surface area contributed by atoms with E-state index in [4.69, 9.17) is 14.2 Å². The highest BCUT2D eigenvalue weighted by atomic mass is 32.2. The molecule has 5 rings (SSSR count). The molecule has 2 amide bonds. The van der Waals surface area contributed by atoms with Gasteiger partial charge in [-0.25, -0.2) is 0 Å². The number of hydrogen-bond acceptors (Lipinski definition) is 7. The van der Waals surface area contributed by atoms with Crippen LogP contribution in [0.5, 0.6) is 0 Å². The van der Waals surface area contributed by atoms with Gasteiger partial charge in [0, 0.05) is 5.56 Å². The second kappa shape index (κ2) is 8.37. The van der Waals surface area contributed by atoms with E-state index in [9.17, 15) is 14.7 Å². The number of hydrogen-bond donors (Lipinski definition) is 1. The first-order chi connectivity index (χ1) is 15.1. The maximum Gasteiger partial charge on any atom is 0.262 e. The van der Waals surface area contributed by atoms with E-state index in [0.29, 0.717) is 16.9 Å². The number of rotatable bonds is 4. The number of nitrogens with zero attached hydrogens (tertiary/aromatic N) is 1. The third kappa shape index (κ3) is 3.48. The van der Waals surface area contributed by atoms with Gasteiger partial charge in [0.25, 0.3) is 11.8 Å². The van der Waals surface area contributed by atoms with Crippen LogP contribution in [-0.4, -0.2) is 64.0 Å². The van der Waals surface area contributed by atoms with Crippen LogP contribution < -0.4 is 0 Å². The Labute approximate surface area is 184 Å². The molecule has 0 aliphatic carbocycles. The smallest absolute Gasteiger partial charge is 0.262 e. The van der Waals surface area contributed by atoms with E-state index in [0.717, 1.165) is 10.5 Å². The lowest BCUT2D eigenvalue weighted by atomic mass is 9.95. The second-order valence-corrected chi connectivity index (χ2v) is 9.06. The largest absolute Gasteiger partial charge is 0.388 e. The molecule has 0 radical (unpaired) electrons. The van der Waals surface area contributed by atoms with Crippen molar-refractivity contribution in [2.24, 2.45) is 0 Å². The molecule has 3 heterocycles. The molecule has 31 heavy (non-hydrogen) atoms. The Bertz CT molecular complexity index is 950. The highest BCUT2D eigenvalue weighted by molar-refractivity contribution is 7.99. The van der Waals surface area contributed by atoms with E-state index in [1.165, 1.54) is 11.8 Å². The van der Waals surface area contributed by atoms with E-state index in [1.54, 1.807) is 24.3 Å². The number of carbonyl (C=O) groups excluding carboxylic acids is 2. The molecule has 7 nitrogen and oxygen atoms in total. The molecule has 1 N–H and O–H groups in total. The van der Waals surface area contributed by atoms with Crippen LogP contribution in [0.4, 0.5) is 0 Å². The summed E-state index contributed by atoms with van der Waals surface area (Å²) in [5.74, 6) is -0.136. The van der Waals surface area contributed by atoms with Crippen molar-refractivity contribution in [1.29, 1.82) is 0 Å². The minimum atomic E-state index is -1.11. The predicted molar refractivity (Wildman–Crippen MR) is 114 cm³/mol. The first kappa shape index (κ1) is 20.7. The molecule has 3 aliphatic rings. The average molecular weight is 442 g/mol. The van der Waals surface area contributed by atoms with Crippen LogP contribution in [0.25, 0.3) is 0 Å². The third-order valence-electron chi connectivity index (χ3n) is 5.86. The lowest BCUT2D eigenvalue weighted by molar-refractivity contribution is -0.310. The van der Waals surface area contributed by atoms with Crippen LogP contribution in [0, 0.1) is 0 Å². The minimum Gasteiger partial charge on any atom is -0.388 e. The van der Waals surface area contributed by atoms with Gasteiger partial charge in [-0.05, 0) is 17.9 Å². The van der Waals surface area contributed by atoms with Gasteiger partial charge >= 0.3 is 0 Å². The molecule has 0 saturated carbocycles. The van der Waals surface area contributed by atoms with Crippen molar-refractivity contribution < 1.29 is 28.9 Å². The highest BCUT2D eigenvalue weighted by Gasteiger charge is 2.55. The zero-order valence-corrected chi connectivity index (χ0v) is 17.7. The summed E-state index contributed by atoms with van der Waals surface area (Å²) < 4.78 is 18.2. The van der Waals surface area contributed by atoms with Gasteiger partial charge in [0.05, 0.1) is 17.7 Å². The van der Waals surface area contributed by atoms with Crippen molar-refractivity contribution >= 4 is 23.6 Å². The summed E-state index contributed by atoms with van der Waals surface area (Å²) in [5, 5.41) is 11.4. The maximum absolute atomic E-state index is 13.1. The van der Waals surface area contributed by atoms with Gasteiger partial charge in [0.1, 0.15) is 29.8 Å². The first-order valence-electron chi connectivity index (χ1n) is 10.3. The molecule has 3 unspecified atom stereocenters. The predicted octanol–water partition coefficient (Wildman–Crippen LogP) is 2.60. The zero-order valence-electron chi connectivity index (χ0n) is 16.9. The van der Waals surface area contributed by atoms with E-state index >= 15 is 0 Å². The van der Waals surface area contributed by atoms with E-state index in [1.807, 2.05) is 37.3 Å². The number of aliphatic hydroxyl groups excluding tert-OH is 1. The molecule has 8 heteroatoms. The summed E-state index contributed by atoms with van der Waals surface area (Å²) in [6, 6.07) is 15.3. The molecule has 2 aromatic carbocycles. The van der Waals surface area contributed by atoms with Crippen molar-refractivity contribution in [3.8, 4) is 0 Å². The standard InChI is InChI=1S/C23H23NO6S/c1-2-31-23-17(24-20(26)14-10-6-7-11-15(14)21(24)27)18(25)19-16(29-23)12-28-22(30-19)13-8-4-3-5-9-13/h3-11,16-19,22-23,25H,2,12H2,1H3/t16?,17-,18?,19+,22?,23-/m0/s1. The van der Waals surface area contributed by atoms with Gasteiger partial charge in [-0.15, -0.1) is 11.8 Å². The van der Waals surface area contributed by atoms with Crippen molar-refractivity contribution in [3.63, 3.8) is 0 Å². The van der Waals surface area contributed by atoms with Gasteiger partial charge in [0.2, 0.25) is 0 Å². The fourth-order valence-electron chi connectivity index (χ4n) is 4.41. The molecule has 2 fully saturated rings. The normalized spacial score (nSPS) is 32.6. The van der Waals surface area contributed by atoms with Crippen LogP contribution >= 0.6 is 11.8 Å².